The topological polar surface area (TPSA) is 0 Å². The molecule has 0 bridgehead atoms. The van der Waals surface area contributed by atoms with Crippen molar-refractivity contribution in [3.05, 3.63) is 68.8 Å². The lowest BCUT2D eigenvalue weighted by Crippen LogP contribution is -2.16. The van der Waals surface area contributed by atoms with Gasteiger partial charge in [0.25, 0.3) is 0 Å². The first-order valence-electron chi connectivity index (χ1n) is 9.54. The van der Waals surface area contributed by atoms with E-state index in [1.165, 1.54) is 40.4 Å². The normalized spacial score (nSPS) is 9.63. The first-order valence-corrected chi connectivity index (χ1v) is 14.1. The number of benzene rings is 2. The molecule has 0 N–H and O–H groups in total. The number of rotatable bonds is 4. The molecule has 2 aromatic rings. The van der Waals surface area contributed by atoms with Gasteiger partial charge in [0, 0.05) is 9.13 Å². The number of halogens is 1. The molecule has 0 aliphatic carbocycles. The van der Waals surface area contributed by atoms with Crippen molar-refractivity contribution in [3.63, 3.8) is 0 Å². The summed E-state index contributed by atoms with van der Waals surface area (Å²) in [5, 5.41) is 0. The van der Waals surface area contributed by atoms with Crippen molar-refractivity contribution in [2.75, 3.05) is 0 Å². The van der Waals surface area contributed by atoms with Crippen molar-refractivity contribution in [1.29, 1.82) is 0 Å². The van der Waals surface area contributed by atoms with Gasteiger partial charge in [-0.3, -0.25) is 0 Å². The van der Waals surface area contributed by atoms with E-state index in [0.717, 1.165) is 5.56 Å². The van der Waals surface area contributed by atoms with Crippen LogP contribution in [-0.4, -0.2) is 8.07 Å². The van der Waals surface area contributed by atoms with Gasteiger partial charge in [0.2, 0.25) is 0 Å². The molecule has 2 rings (SSSR count). The standard InChI is InChI=1S/C14H20Si.C9H11I.C2H2/c1-5-6-13-7-9-14(10-8-13)11-12-15(2,3)4;1-2-3-8-4-6-9(10)7-5-8;1-2/h7-10H,5-6H2,1-4H3;4-7H,2-3H2,1H3;1-2H. The van der Waals surface area contributed by atoms with Crippen molar-refractivity contribution >= 4 is 30.7 Å². The van der Waals surface area contributed by atoms with Crippen LogP contribution >= 0.6 is 22.6 Å². The molecule has 2 aromatic carbocycles. The van der Waals surface area contributed by atoms with E-state index in [1.54, 1.807) is 0 Å². The van der Waals surface area contributed by atoms with Gasteiger partial charge in [-0.1, -0.05) is 76.5 Å². The monoisotopic (exact) mass is 488 g/mol. The highest BCUT2D eigenvalue weighted by Gasteiger charge is 2.07. The van der Waals surface area contributed by atoms with Crippen molar-refractivity contribution in [1.82, 2.24) is 0 Å². The summed E-state index contributed by atoms with van der Waals surface area (Å²) in [6.45, 7) is 11.2. The van der Waals surface area contributed by atoms with Crippen LogP contribution in [0, 0.1) is 27.9 Å². The maximum Gasteiger partial charge on any atom is 0.129 e. The summed E-state index contributed by atoms with van der Waals surface area (Å²) >= 11 is 2.32. The van der Waals surface area contributed by atoms with Crippen LogP contribution in [-0.2, 0) is 12.8 Å². The lowest BCUT2D eigenvalue weighted by molar-refractivity contribution is 0.921. The summed E-state index contributed by atoms with van der Waals surface area (Å²) in [5.74, 6) is 3.27. The maximum absolute atomic E-state index is 4.00. The Bertz CT molecular complexity index is 707. The second-order valence-corrected chi connectivity index (χ2v) is 13.3. The van der Waals surface area contributed by atoms with Gasteiger partial charge in [0.15, 0.2) is 0 Å². The van der Waals surface area contributed by atoms with Crippen LogP contribution in [0.15, 0.2) is 48.5 Å². The third-order valence-corrected chi connectivity index (χ3v) is 5.12. The van der Waals surface area contributed by atoms with Crippen LogP contribution in [0.1, 0.15) is 43.4 Å². The van der Waals surface area contributed by atoms with E-state index in [-0.39, 0.29) is 0 Å². The van der Waals surface area contributed by atoms with E-state index >= 15 is 0 Å². The quantitative estimate of drug-likeness (QED) is 0.240. The lowest BCUT2D eigenvalue weighted by Gasteiger charge is -2.03. The third-order valence-electron chi connectivity index (χ3n) is 3.53. The highest BCUT2D eigenvalue weighted by Crippen LogP contribution is 2.08. The third kappa shape index (κ3) is 13.3. The minimum absolute atomic E-state index is 1.15. The second kappa shape index (κ2) is 14.6. The zero-order chi connectivity index (χ0) is 20.7. The van der Waals surface area contributed by atoms with Crippen LogP contribution in [0.3, 0.4) is 0 Å². The van der Waals surface area contributed by atoms with E-state index in [1.807, 2.05) is 0 Å². The summed E-state index contributed by atoms with van der Waals surface area (Å²) < 4.78 is 1.32. The summed E-state index contributed by atoms with van der Waals surface area (Å²) in [4.78, 5) is 0. The summed E-state index contributed by atoms with van der Waals surface area (Å²) in [6.07, 6.45) is 12.8. The Hall–Kier alpha value is -1.49. The molecule has 0 aliphatic rings. The number of hydrogen-bond donors (Lipinski definition) is 0. The van der Waals surface area contributed by atoms with E-state index < -0.39 is 8.07 Å². The van der Waals surface area contributed by atoms with Gasteiger partial charge in [-0.15, -0.1) is 18.4 Å². The number of aryl methyl sites for hydroxylation is 2. The molecular formula is C25H33ISi. The Morgan fingerprint density at radius 1 is 0.778 bits per heavy atom. The Labute approximate surface area is 182 Å². The zero-order valence-electron chi connectivity index (χ0n) is 17.5. The molecule has 27 heavy (non-hydrogen) atoms. The molecule has 0 radical (unpaired) electrons. The first-order chi connectivity index (χ1) is 12.8. The summed E-state index contributed by atoms with van der Waals surface area (Å²) in [7, 11) is -1.23. The molecule has 0 heterocycles. The zero-order valence-corrected chi connectivity index (χ0v) is 20.6. The predicted octanol–water partition coefficient (Wildman–Crippen LogP) is 7.36. The van der Waals surface area contributed by atoms with Gasteiger partial charge in [-0.25, -0.2) is 0 Å². The van der Waals surface area contributed by atoms with Crippen LogP contribution in [0.4, 0.5) is 0 Å². The van der Waals surface area contributed by atoms with Gasteiger partial charge in [0.1, 0.15) is 8.07 Å². The Morgan fingerprint density at radius 3 is 1.56 bits per heavy atom. The lowest BCUT2D eigenvalue weighted by atomic mass is 10.1. The van der Waals surface area contributed by atoms with Crippen LogP contribution in [0.5, 0.6) is 0 Å². The average Bonchev–Trinajstić information content (AvgIpc) is 2.65. The Morgan fingerprint density at radius 2 is 1.19 bits per heavy atom. The molecule has 0 amide bonds. The Balaban J connectivity index is 0.000000488. The van der Waals surface area contributed by atoms with Crippen molar-refractivity contribution < 1.29 is 0 Å². The summed E-state index contributed by atoms with van der Waals surface area (Å²) in [6, 6.07) is 17.4. The van der Waals surface area contributed by atoms with E-state index in [9.17, 15) is 0 Å². The molecule has 0 nitrogen and oxygen atoms in total. The predicted molar refractivity (Wildman–Crippen MR) is 134 cm³/mol. The number of terminal acetylenes is 1. The van der Waals surface area contributed by atoms with Gasteiger partial charge < -0.3 is 0 Å². The minimum Gasteiger partial charge on any atom is -0.127 e. The average molecular weight is 489 g/mol. The fourth-order valence-corrected chi connectivity index (χ4v) is 3.12. The molecule has 0 atom stereocenters. The van der Waals surface area contributed by atoms with E-state index in [0.29, 0.717) is 0 Å². The van der Waals surface area contributed by atoms with E-state index in [4.69, 9.17) is 0 Å². The van der Waals surface area contributed by atoms with Gasteiger partial charge in [0.05, 0.1) is 0 Å². The van der Waals surface area contributed by atoms with E-state index in [2.05, 4.69) is 129 Å². The summed E-state index contributed by atoms with van der Waals surface area (Å²) in [5.41, 5.74) is 7.39. The van der Waals surface area contributed by atoms with Crippen molar-refractivity contribution in [2.24, 2.45) is 0 Å². The largest absolute Gasteiger partial charge is 0.129 e. The van der Waals surface area contributed by atoms with Gasteiger partial charge in [-0.2, -0.15) is 0 Å². The molecule has 0 saturated heterocycles. The van der Waals surface area contributed by atoms with Crippen LogP contribution in [0.2, 0.25) is 19.6 Å². The highest BCUT2D eigenvalue weighted by molar-refractivity contribution is 14.1. The maximum atomic E-state index is 4.00. The highest BCUT2D eigenvalue weighted by atomic mass is 127. The second-order valence-electron chi connectivity index (χ2n) is 7.32. The molecule has 0 saturated carbocycles. The Kier molecular flexibility index (Phi) is 13.7. The molecule has 144 valence electrons. The first kappa shape index (κ1) is 25.5. The number of hydrogen-bond acceptors (Lipinski definition) is 0. The molecule has 2 heteroatoms. The van der Waals surface area contributed by atoms with Crippen molar-refractivity contribution in [2.45, 2.75) is 59.2 Å². The molecular weight excluding hydrogens is 455 g/mol. The van der Waals surface area contributed by atoms with Crippen molar-refractivity contribution in [3.8, 4) is 24.3 Å². The smallest absolute Gasteiger partial charge is 0.127 e. The fourth-order valence-electron chi connectivity index (χ4n) is 2.24. The van der Waals surface area contributed by atoms with Gasteiger partial charge >= 0.3 is 0 Å². The molecule has 0 fully saturated rings. The SMILES string of the molecule is C#C.CCCc1ccc(C#C[Si](C)(C)C)cc1.CCCc1ccc(I)cc1. The molecule has 0 unspecified atom stereocenters. The van der Waals surface area contributed by atoms with Crippen LogP contribution < -0.4 is 0 Å². The molecule has 0 aliphatic heterocycles. The molecule has 0 aromatic heterocycles. The van der Waals surface area contributed by atoms with Crippen LogP contribution in [0.25, 0.3) is 0 Å². The minimum atomic E-state index is -1.23. The fraction of sp³-hybridized carbons (Fsp3) is 0.360. The van der Waals surface area contributed by atoms with Gasteiger partial charge in [-0.05, 0) is 70.8 Å². The molecule has 0 spiro atoms.